The van der Waals surface area contributed by atoms with Crippen LogP contribution in [0.1, 0.15) is 17.2 Å². The molecule has 0 aliphatic rings. The molecule has 0 aromatic heterocycles. The van der Waals surface area contributed by atoms with Gasteiger partial charge in [0.05, 0.1) is 13.2 Å². The lowest BCUT2D eigenvalue weighted by atomic mass is 9.99. The van der Waals surface area contributed by atoms with Crippen LogP contribution in [0.15, 0.2) is 51.4 Å². The van der Waals surface area contributed by atoms with Gasteiger partial charge in [-0.15, -0.1) is 0 Å². The maximum atomic E-state index is 5.71. The van der Waals surface area contributed by atoms with Crippen molar-refractivity contribution < 1.29 is 4.74 Å². The van der Waals surface area contributed by atoms with Crippen molar-refractivity contribution in [1.82, 2.24) is 5.43 Å². The fourth-order valence-electron chi connectivity index (χ4n) is 2.09. The number of nitrogens with two attached hydrogens (primary N) is 1. The van der Waals surface area contributed by atoms with E-state index >= 15 is 0 Å². The van der Waals surface area contributed by atoms with Crippen molar-refractivity contribution in [3.05, 3.63) is 62.5 Å². The number of methoxy groups -OCH3 is 1. The fraction of sp³-hybridized carbons (Fsp3) is 0.200. The Morgan fingerprint density at radius 1 is 1.10 bits per heavy atom. The summed E-state index contributed by atoms with van der Waals surface area (Å²) in [6.45, 7) is 0. The summed E-state index contributed by atoms with van der Waals surface area (Å²) >= 11 is 6.93. The van der Waals surface area contributed by atoms with E-state index in [2.05, 4.69) is 55.5 Å². The molecule has 106 valence electrons. The Kier molecular flexibility index (Phi) is 5.60. The fourth-order valence-corrected chi connectivity index (χ4v) is 2.77. The van der Waals surface area contributed by atoms with Crippen LogP contribution in [0.25, 0.3) is 0 Å². The average Bonchev–Trinajstić information content (AvgIpc) is 2.46. The lowest BCUT2D eigenvalue weighted by Crippen LogP contribution is -2.29. The number of halogens is 2. The van der Waals surface area contributed by atoms with E-state index in [0.29, 0.717) is 0 Å². The molecule has 2 rings (SSSR count). The number of hydrogen-bond acceptors (Lipinski definition) is 3. The number of nitrogens with one attached hydrogen (secondary N) is 1. The second-order valence-electron chi connectivity index (χ2n) is 4.43. The Hall–Kier alpha value is -0.880. The highest BCUT2D eigenvalue weighted by atomic mass is 79.9. The summed E-state index contributed by atoms with van der Waals surface area (Å²) in [6.07, 6.45) is 0.751. The van der Waals surface area contributed by atoms with Gasteiger partial charge in [-0.25, -0.2) is 0 Å². The van der Waals surface area contributed by atoms with E-state index in [0.717, 1.165) is 32.2 Å². The monoisotopic (exact) mass is 398 g/mol. The average molecular weight is 400 g/mol. The van der Waals surface area contributed by atoms with Crippen molar-refractivity contribution in [3.63, 3.8) is 0 Å². The van der Waals surface area contributed by atoms with Gasteiger partial charge in [0, 0.05) is 8.95 Å². The Bertz CT molecular complexity index is 573. The van der Waals surface area contributed by atoms with E-state index in [-0.39, 0.29) is 6.04 Å². The van der Waals surface area contributed by atoms with Crippen molar-refractivity contribution in [2.45, 2.75) is 12.5 Å². The quantitative estimate of drug-likeness (QED) is 0.590. The van der Waals surface area contributed by atoms with Crippen molar-refractivity contribution in [2.24, 2.45) is 5.84 Å². The van der Waals surface area contributed by atoms with Gasteiger partial charge >= 0.3 is 0 Å². The molecule has 1 unspecified atom stereocenters. The number of ether oxygens (including phenoxy) is 1. The number of hydrazine groups is 1. The van der Waals surface area contributed by atoms with E-state index < -0.39 is 0 Å². The van der Waals surface area contributed by atoms with Gasteiger partial charge in [-0.05, 0) is 47.9 Å². The molecule has 0 spiro atoms. The third kappa shape index (κ3) is 3.82. The van der Waals surface area contributed by atoms with Crippen molar-refractivity contribution in [1.29, 1.82) is 0 Å². The van der Waals surface area contributed by atoms with Crippen LogP contribution in [0.3, 0.4) is 0 Å². The van der Waals surface area contributed by atoms with Gasteiger partial charge in [-0.3, -0.25) is 11.3 Å². The van der Waals surface area contributed by atoms with Crippen molar-refractivity contribution in [2.75, 3.05) is 7.11 Å². The molecule has 3 nitrogen and oxygen atoms in total. The third-order valence-corrected chi connectivity index (χ3v) is 4.16. The van der Waals surface area contributed by atoms with Gasteiger partial charge in [-0.2, -0.15) is 0 Å². The third-order valence-electron chi connectivity index (χ3n) is 3.14. The molecule has 2 aromatic carbocycles. The Balaban J connectivity index is 2.26. The first kappa shape index (κ1) is 15.5. The van der Waals surface area contributed by atoms with E-state index in [9.17, 15) is 0 Å². The first-order valence-corrected chi connectivity index (χ1v) is 7.76. The second kappa shape index (κ2) is 7.22. The Labute approximate surface area is 135 Å². The van der Waals surface area contributed by atoms with E-state index in [1.54, 1.807) is 7.11 Å². The highest BCUT2D eigenvalue weighted by Gasteiger charge is 2.14. The maximum Gasteiger partial charge on any atom is 0.122 e. The van der Waals surface area contributed by atoms with Gasteiger partial charge < -0.3 is 4.74 Å². The molecule has 0 amide bonds. The zero-order valence-corrected chi connectivity index (χ0v) is 14.2. The molecule has 5 heteroatoms. The van der Waals surface area contributed by atoms with Gasteiger partial charge in [0.25, 0.3) is 0 Å². The van der Waals surface area contributed by atoms with Crippen LogP contribution in [-0.2, 0) is 6.42 Å². The normalized spacial score (nSPS) is 12.2. The number of benzene rings is 2. The van der Waals surface area contributed by atoms with Crippen LogP contribution in [-0.4, -0.2) is 7.11 Å². The van der Waals surface area contributed by atoms with E-state index in [1.165, 1.54) is 0 Å². The van der Waals surface area contributed by atoms with Crippen LogP contribution >= 0.6 is 31.9 Å². The van der Waals surface area contributed by atoms with Gasteiger partial charge in [-0.1, -0.05) is 44.0 Å². The molecule has 0 heterocycles. The van der Waals surface area contributed by atoms with Crippen molar-refractivity contribution in [3.8, 4) is 5.75 Å². The lowest BCUT2D eigenvalue weighted by molar-refractivity contribution is 0.405. The smallest absolute Gasteiger partial charge is 0.122 e. The zero-order valence-electron chi connectivity index (χ0n) is 11.1. The molecule has 1 atom stereocenters. The SMILES string of the molecule is COc1ccc(Br)cc1CC(NN)c1ccc(Br)cc1. The molecular weight excluding hydrogens is 384 g/mol. The largest absolute Gasteiger partial charge is 0.496 e. The van der Waals surface area contributed by atoms with Crippen LogP contribution in [0.2, 0.25) is 0 Å². The summed E-state index contributed by atoms with van der Waals surface area (Å²) in [7, 11) is 1.68. The molecule has 3 N–H and O–H groups in total. The number of rotatable bonds is 5. The first-order chi connectivity index (χ1) is 9.63. The molecule has 0 radical (unpaired) electrons. The minimum absolute atomic E-state index is 0.0336. The Morgan fingerprint density at radius 2 is 1.75 bits per heavy atom. The lowest BCUT2D eigenvalue weighted by Gasteiger charge is -2.18. The van der Waals surface area contributed by atoms with Gasteiger partial charge in [0.15, 0.2) is 0 Å². The highest BCUT2D eigenvalue weighted by Crippen LogP contribution is 2.28. The summed E-state index contributed by atoms with van der Waals surface area (Å²) in [5.41, 5.74) is 5.11. The summed E-state index contributed by atoms with van der Waals surface area (Å²) < 4.78 is 7.48. The maximum absolute atomic E-state index is 5.71. The van der Waals surface area contributed by atoms with Crippen molar-refractivity contribution >= 4 is 31.9 Å². The topological polar surface area (TPSA) is 47.3 Å². The van der Waals surface area contributed by atoms with E-state index in [4.69, 9.17) is 10.6 Å². The molecule has 2 aromatic rings. The number of hydrogen-bond donors (Lipinski definition) is 2. The van der Waals surface area contributed by atoms with Crippen LogP contribution < -0.4 is 16.0 Å². The summed E-state index contributed by atoms with van der Waals surface area (Å²) in [6, 6.07) is 14.1. The molecule has 0 saturated carbocycles. The minimum atomic E-state index is 0.0336. The Morgan fingerprint density at radius 3 is 2.35 bits per heavy atom. The van der Waals surface area contributed by atoms with Crippen LogP contribution in [0.4, 0.5) is 0 Å². The molecular formula is C15H16Br2N2O. The van der Waals surface area contributed by atoms with Gasteiger partial charge in [0.2, 0.25) is 0 Å². The molecule has 0 fully saturated rings. The zero-order chi connectivity index (χ0) is 14.5. The molecule has 0 aliphatic carbocycles. The summed E-state index contributed by atoms with van der Waals surface area (Å²) in [4.78, 5) is 0. The first-order valence-electron chi connectivity index (χ1n) is 6.18. The standard InChI is InChI=1S/C15H16Br2N2O/c1-20-15-7-6-13(17)8-11(15)9-14(19-18)10-2-4-12(16)5-3-10/h2-8,14,19H,9,18H2,1H3. The van der Waals surface area contributed by atoms with Gasteiger partial charge in [0.1, 0.15) is 5.75 Å². The van der Waals surface area contributed by atoms with E-state index in [1.807, 2.05) is 24.3 Å². The highest BCUT2D eigenvalue weighted by molar-refractivity contribution is 9.10. The molecule has 0 saturated heterocycles. The minimum Gasteiger partial charge on any atom is -0.496 e. The molecule has 0 bridgehead atoms. The predicted octanol–water partition coefficient (Wildman–Crippen LogP) is 3.97. The molecule has 0 aliphatic heterocycles. The predicted molar refractivity (Wildman–Crippen MR) is 88.6 cm³/mol. The van der Waals surface area contributed by atoms with Crippen LogP contribution in [0.5, 0.6) is 5.75 Å². The summed E-state index contributed by atoms with van der Waals surface area (Å²) in [5.74, 6) is 6.57. The van der Waals surface area contributed by atoms with Crippen LogP contribution in [0, 0.1) is 0 Å². The summed E-state index contributed by atoms with van der Waals surface area (Å²) in [5, 5.41) is 0. The second-order valence-corrected chi connectivity index (χ2v) is 6.26. The molecule has 20 heavy (non-hydrogen) atoms.